The molecule has 0 saturated carbocycles. The Morgan fingerprint density at radius 1 is 1.12 bits per heavy atom. The zero-order valence-electron chi connectivity index (χ0n) is 14.8. The molecule has 0 fully saturated rings. The number of rotatable bonds is 6. The van der Waals surface area contributed by atoms with Gasteiger partial charge in [0.25, 0.3) is 0 Å². The first-order chi connectivity index (χ1) is 11.5. The van der Waals surface area contributed by atoms with Crippen molar-refractivity contribution < 1.29 is 14.7 Å². The van der Waals surface area contributed by atoms with Crippen LogP contribution in [0.25, 0.3) is 0 Å². The van der Waals surface area contributed by atoms with Crippen LogP contribution in [0.15, 0.2) is 36.4 Å². The van der Waals surface area contributed by atoms with Crippen LogP contribution in [0, 0.1) is 13.8 Å². The summed E-state index contributed by atoms with van der Waals surface area (Å²) in [5.41, 5.74) is 4.57. The van der Waals surface area contributed by atoms with Gasteiger partial charge in [0, 0.05) is 12.0 Å². The molecule has 0 aliphatic rings. The molecule has 128 valence electrons. The molecule has 0 aliphatic heterocycles. The number of hydroxylamine groups is 1. The molecule has 24 heavy (non-hydrogen) atoms. The van der Waals surface area contributed by atoms with E-state index in [9.17, 15) is 10.0 Å². The van der Waals surface area contributed by atoms with Crippen molar-refractivity contribution in [2.75, 3.05) is 5.06 Å². The average molecular weight is 327 g/mol. The summed E-state index contributed by atoms with van der Waals surface area (Å²) in [6, 6.07) is 11.8. The molecule has 0 radical (unpaired) electrons. The summed E-state index contributed by atoms with van der Waals surface area (Å²) in [6.07, 6.45) is 1.07. The van der Waals surface area contributed by atoms with Crippen LogP contribution in [0.3, 0.4) is 0 Å². The summed E-state index contributed by atoms with van der Waals surface area (Å²) in [4.78, 5) is 11.9. The maximum Gasteiger partial charge on any atom is 0.250 e. The highest BCUT2D eigenvalue weighted by atomic mass is 16.5. The van der Waals surface area contributed by atoms with Crippen LogP contribution in [-0.2, 0) is 17.8 Å². The summed E-state index contributed by atoms with van der Waals surface area (Å²) in [5, 5.41) is 10.9. The zero-order chi connectivity index (χ0) is 17.7. The molecule has 2 rings (SSSR count). The van der Waals surface area contributed by atoms with E-state index in [1.165, 1.54) is 5.56 Å². The van der Waals surface area contributed by atoms with Gasteiger partial charge in [0.15, 0.2) is 0 Å². The molecule has 4 heteroatoms. The fourth-order valence-corrected chi connectivity index (χ4v) is 2.55. The van der Waals surface area contributed by atoms with Crippen molar-refractivity contribution in [3.8, 4) is 5.75 Å². The third-order valence-corrected chi connectivity index (χ3v) is 4.04. The molecule has 4 nitrogen and oxygen atoms in total. The lowest BCUT2D eigenvalue weighted by Crippen LogP contribution is -2.27. The lowest BCUT2D eigenvalue weighted by molar-refractivity contribution is -0.123. The van der Waals surface area contributed by atoms with E-state index in [2.05, 4.69) is 6.07 Å². The van der Waals surface area contributed by atoms with Crippen molar-refractivity contribution in [3.63, 3.8) is 0 Å². The van der Waals surface area contributed by atoms with Gasteiger partial charge in [-0.2, -0.15) is 5.06 Å². The van der Waals surface area contributed by atoms with E-state index in [0.717, 1.165) is 33.9 Å². The lowest BCUT2D eigenvalue weighted by Gasteiger charge is -2.20. The second kappa shape index (κ2) is 7.97. The highest BCUT2D eigenvalue weighted by Crippen LogP contribution is 2.26. The number of carbonyl (C=O) groups excluding carboxylic acids is 1. The minimum Gasteiger partial charge on any atom is -0.489 e. The maximum absolute atomic E-state index is 11.9. The Bertz CT molecular complexity index is 725. The van der Waals surface area contributed by atoms with Crippen LogP contribution in [0.2, 0.25) is 0 Å². The number of carbonyl (C=O) groups is 1. The third kappa shape index (κ3) is 4.15. The molecule has 0 bridgehead atoms. The van der Waals surface area contributed by atoms with Gasteiger partial charge < -0.3 is 4.74 Å². The fourth-order valence-electron chi connectivity index (χ4n) is 2.55. The molecular formula is C20H25NO3. The van der Waals surface area contributed by atoms with Gasteiger partial charge in [-0.1, -0.05) is 43.7 Å². The number of anilines is 1. The number of benzene rings is 2. The van der Waals surface area contributed by atoms with Gasteiger partial charge in [0.1, 0.15) is 12.4 Å². The van der Waals surface area contributed by atoms with Crippen molar-refractivity contribution in [2.45, 2.75) is 47.1 Å². The molecule has 1 N–H and O–H groups in total. The normalized spacial score (nSPS) is 10.5. The fraction of sp³-hybridized carbons (Fsp3) is 0.350. The number of ether oxygens (including phenoxy) is 1. The number of aryl methyl sites for hydroxylation is 3. The van der Waals surface area contributed by atoms with Crippen molar-refractivity contribution in [1.29, 1.82) is 0 Å². The monoisotopic (exact) mass is 327 g/mol. The van der Waals surface area contributed by atoms with E-state index in [1.54, 1.807) is 6.92 Å². The van der Waals surface area contributed by atoms with Gasteiger partial charge in [-0.3, -0.25) is 10.0 Å². The minimum atomic E-state index is -0.337. The van der Waals surface area contributed by atoms with Gasteiger partial charge >= 0.3 is 0 Å². The molecule has 0 aliphatic carbocycles. The smallest absolute Gasteiger partial charge is 0.250 e. The molecule has 0 spiro atoms. The largest absolute Gasteiger partial charge is 0.489 e. The first-order valence-corrected chi connectivity index (χ1v) is 8.30. The standard InChI is InChI=1S/C20H25NO3/c1-5-16-8-9-17(18(12-16)21(23)20(22)6-2)13-24-19-10-7-14(3)11-15(19)4/h7-12,23H,5-6,13H2,1-4H3. The molecule has 0 aromatic heterocycles. The van der Waals surface area contributed by atoms with Gasteiger partial charge in [-0.25, -0.2) is 0 Å². The van der Waals surface area contributed by atoms with Gasteiger partial charge in [-0.15, -0.1) is 0 Å². The Morgan fingerprint density at radius 3 is 2.50 bits per heavy atom. The maximum atomic E-state index is 11.9. The van der Waals surface area contributed by atoms with Crippen molar-refractivity contribution in [1.82, 2.24) is 0 Å². The molecule has 0 heterocycles. The molecule has 0 unspecified atom stereocenters. The Kier molecular flexibility index (Phi) is 5.99. The van der Waals surface area contributed by atoms with Crippen LogP contribution in [0.4, 0.5) is 5.69 Å². The minimum absolute atomic E-state index is 0.240. The third-order valence-electron chi connectivity index (χ3n) is 4.04. The van der Waals surface area contributed by atoms with Crippen LogP contribution in [0.1, 0.15) is 42.5 Å². The molecule has 0 saturated heterocycles. The van der Waals surface area contributed by atoms with Crippen LogP contribution >= 0.6 is 0 Å². The van der Waals surface area contributed by atoms with E-state index in [4.69, 9.17) is 4.74 Å². The highest BCUT2D eigenvalue weighted by Gasteiger charge is 2.16. The summed E-state index contributed by atoms with van der Waals surface area (Å²) < 4.78 is 5.91. The van der Waals surface area contributed by atoms with E-state index < -0.39 is 0 Å². The molecule has 1 amide bonds. The van der Waals surface area contributed by atoms with Crippen molar-refractivity contribution >= 4 is 11.6 Å². The first kappa shape index (κ1) is 18.0. The Hall–Kier alpha value is -2.33. The SMILES string of the molecule is CCC(=O)N(O)c1cc(CC)ccc1COc1ccc(C)cc1C. The van der Waals surface area contributed by atoms with Crippen molar-refractivity contribution in [3.05, 3.63) is 58.7 Å². The van der Waals surface area contributed by atoms with Crippen molar-refractivity contribution in [2.24, 2.45) is 0 Å². The van der Waals surface area contributed by atoms with E-state index in [1.807, 2.05) is 51.1 Å². The Morgan fingerprint density at radius 2 is 1.88 bits per heavy atom. The quantitative estimate of drug-likeness (QED) is 0.624. The van der Waals surface area contributed by atoms with E-state index >= 15 is 0 Å². The second-order valence-corrected chi connectivity index (χ2v) is 5.93. The second-order valence-electron chi connectivity index (χ2n) is 5.93. The van der Waals surface area contributed by atoms with Crippen LogP contribution in [-0.4, -0.2) is 11.1 Å². The van der Waals surface area contributed by atoms with E-state index in [-0.39, 0.29) is 18.9 Å². The average Bonchev–Trinajstić information content (AvgIpc) is 2.59. The van der Waals surface area contributed by atoms with Crippen LogP contribution in [0.5, 0.6) is 5.75 Å². The topological polar surface area (TPSA) is 49.8 Å². The summed E-state index contributed by atoms with van der Waals surface area (Å²) >= 11 is 0. The number of nitrogens with zero attached hydrogens (tertiary/aromatic N) is 1. The van der Waals surface area contributed by atoms with Gasteiger partial charge in [0.05, 0.1) is 5.69 Å². The van der Waals surface area contributed by atoms with Crippen LogP contribution < -0.4 is 9.80 Å². The molecule has 0 atom stereocenters. The van der Waals surface area contributed by atoms with Gasteiger partial charge in [0.2, 0.25) is 5.91 Å². The van der Waals surface area contributed by atoms with Gasteiger partial charge in [-0.05, 0) is 43.5 Å². The highest BCUT2D eigenvalue weighted by molar-refractivity contribution is 5.91. The predicted octanol–water partition coefficient (Wildman–Crippen LogP) is 4.58. The lowest BCUT2D eigenvalue weighted by atomic mass is 10.1. The summed E-state index contributed by atoms with van der Waals surface area (Å²) in [6.45, 7) is 8.09. The number of hydrogen-bond donors (Lipinski definition) is 1. The number of amides is 1. The van der Waals surface area contributed by atoms with E-state index in [0.29, 0.717) is 5.69 Å². The molecule has 2 aromatic carbocycles. The Balaban J connectivity index is 2.27. The Labute approximate surface area is 143 Å². The summed E-state index contributed by atoms with van der Waals surface area (Å²) in [7, 11) is 0. The zero-order valence-corrected chi connectivity index (χ0v) is 14.8. The first-order valence-electron chi connectivity index (χ1n) is 8.30. The number of hydrogen-bond acceptors (Lipinski definition) is 3. The molecule has 2 aromatic rings. The summed E-state index contributed by atoms with van der Waals surface area (Å²) in [5.74, 6) is 0.466. The molecular weight excluding hydrogens is 302 g/mol. The predicted molar refractivity (Wildman–Crippen MR) is 95.6 cm³/mol.